The third-order valence-electron chi connectivity index (χ3n) is 7.07. The van der Waals surface area contributed by atoms with Crippen LogP contribution in [0.4, 0.5) is 0 Å². The van der Waals surface area contributed by atoms with Gasteiger partial charge in [-0.3, -0.25) is 4.98 Å². The molecule has 0 radical (unpaired) electrons. The first-order valence-electron chi connectivity index (χ1n) is 12.4. The summed E-state index contributed by atoms with van der Waals surface area (Å²) in [5.74, 6) is 2.30. The molecule has 0 bridgehead atoms. The van der Waals surface area contributed by atoms with Crippen LogP contribution in [0, 0.1) is 20.8 Å². The number of rotatable bonds is 9. The first-order valence-corrected chi connectivity index (χ1v) is 12.4. The van der Waals surface area contributed by atoms with Gasteiger partial charge in [0.15, 0.2) is 6.79 Å². The van der Waals surface area contributed by atoms with E-state index in [0.29, 0.717) is 12.5 Å². The van der Waals surface area contributed by atoms with Crippen molar-refractivity contribution in [1.29, 1.82) is 0 Å². The lowest BCUT2D eigenvalue weighted by Gasteiger charge is -2.24. The van der Waals surface area contributed by atoms with Gasteiger partial charge >= 0.3 is 0 Å². The van der Waals surface area contributed by atoms with Gasteiger partial charge in [-0.1, -0.05) is 49.6 Å². The number of aryl methyl sites for hydroxylation is 1. The van der Waals surface area contributed by atoms with E-state index in [0.717, 1.165) is 29.3 Å². The molecule has 0 unspecified atom stereocenters. The highest BCUT2D eigenvalue weighted by Gasteiger charge is 2.22. The fraction of sp³-hybridized carbons (Fsp3) is 0.433. The molecule has 1 heterocycles. The molecule has 180 valence electrons. The number of pyridine rings is 1. The van der Waals surface area contributed by atoms with Crippen molar-refractivity contribution in [1.82, 2.24) is 4.98 Å². The lowest BCUT2D eigenvalue weighted by molar-refractivity contribution is 0.0496. The molecular weight excluding hydrogens is 422 g/mol. The van der Waals surface area contributed by atoms with Crippen molar-refractivity contribution in [2.24, 2.45) is 0 Å². The summed E-state index contributed by atoms with van der Waals surface area (Å²) in [5.41, 5.74) is 8.42. The average Bonchev–Trinajstić information content (AvgIpc) is 2.88. The van der Waals surface area contributed by atoms with Gasteiger partial charge in [-0.15, -0.1) is 0 Å². The molecule has 0 spiro atoms. The quantitative estimate of drug-likeness (QED) is 0.317. The fourth-order valence-corrected chi connectivity index (χ4v) is 4.95. The van der Waals surface area contributed by atoms with E-state index < -0.39 is 0 Å². The number of benzene rings is 2. The maximum absolute atomic E-state index is 6.20. The largest absolute Gasteiger partial charge is 0.489 e. The number of hydrogen-bond acceptors (Lipinski definition) is 4. The molecule has 1 saturated carbocycles. The van der Waals surface area contributed by atoms with Crippen molar-refractivity contribution in [2.75, 3.05) is 13.9 Å². The van der Waals surface area contributed by atoms with Gasteiger partial charge in [0.1, 0.15) is 18.1 Å². The minimum atomic E-state index is 0.253. The number of ether oxygens (including phenoxy) is 3. The summed E-state index contributed by atoms with van der Waals surface area (Å²) in [6, 6.07) is 16.7. The maximum atomic E-state index is 6.20. The Morgan fingerprint density at radius 1 is 0.853 bits per heavy atom. The number of nitrogens with zero attached hydrogens (tertiary/aromatic N) is 1. The summed E-state index contributed by atoms with van der Waals surface area (Å²) < 4.78 is 17.2. The smallest absolute Gasteiger partial charge is 0.188 e. The summed E-state index contributed by atoms with van der Waals surface area (Å²) in [7, 11) is 1.66. The third kappa shape index (κ3) is 5.79. The van der Waals surface area contributed by atoms with E-state index in [1.807, 2.05) is 18.2 Å². The maximum Gasteiger partial charge on any atom is 0.188 e. The van der Waals surface area contributed by atoms with E-state index in [2.05, 4.69) is 51.1 Å². The average molecular weight is 460 g/mol. The Kier molecular flexibility index (Phi) is 8.23. The normalized spacial score (nSPS) is 14.2. The molecule has 0 atom stereocenters. The molecule has 34 heavy (non-hydrogen) atoms. The van der Waals surface area contributed by atoms with Gasteiger partial charge < -0.3 is 14.2 Å². The minimum absolute atomic E-state index is 0.253. The second-order valence-corrected chi connectivity index (χ2v) is 9.44. The Bertz CT molecular complexity index is 1090. The fourth-order valence-electron chi connectivity index (χ4n) is 4.95. The Morgan fingerprint density at radius 3 is 2.35 bits per heavy atom. The monoisotopic (exact) mass is 459 g/mol. The van der Waals surface area contributed by atoms with Crippen molar-refractivity contribution in [3.63, 3.8) is 0 Å². The van der Waals surface area contributed by atoms with Gasteiger partial charge in [0.05, 0.1) is 5.69 Å². The summed E-state index contributed by atoms with van der Waals surface area (Å²) in [6.45, 7) is 7.36. The molecule has 1 fully saturated rings. The molecule has 2 aromatic carbocycles. The number of methoxy groups -OCH3 is 1. The first-order chi connectivity index (χ1) is 16.6. The van der Waals surface area contributed by atoms with Gasteiger partial charge in [0, 0.05) is 25.1 Å². The summed E-state index contributed by atoms with van der Waals surface area (Å²) >= 11 is 0. The molecule has 1 aliphatic rings. The van der Waals surface area contributed by atoms with Crippen LogP contribution in [0.5, 0.6) is 11.5 Å². The van der Waals surface area contributed by atoms with E-state index in [-0.39, 0.29) is 6.79 Å². The standard InChI is InChI=1S/C30H37NO3/c1-21-17-29(33-19-24-11-7-5-8-12-24)23(3)22(2)27(21)18-26-15-16-28(34-20-32-4)30(31-26)25-13-9-6-10-14-25/h5,7-8,11-12,15-17,25H,6,9-10,13-14,18-20H2,1-4H3. The van der Waals surface area contributed by atoms with Gasteiger partial charge in [0.25, 0.3) is 0 Å². The van der Waals surface area contributed by atoms with Crippen LogP contribution >= 0.6 is 0 Å². The third-order valence-corrected chi connectivity index (χ3v) is 7.07. The van der Waals surface area contributed by atoms with Crippen molar-refractivity contribution in [2.45, 2.75) is 71.8 Å². The summed E-state index contributed by atoms with van der Waals surface area (Å²) in [5, 5.41) is 0. The SMILES string of the molecule is COCOc1ccc(Cc2c(C)cc(OCc3ccccc3)c(C)c2C)nc1C1CCCCC1. The lowest BCUT2D eigenvalue weighted by atomic mass is 9.86. The van der Waals surface area contributed by atoms with Gasteiger partial charge in [-0.25, -0.2) is 0 Å². The lowest BCUT2D eigenvalue weighted by Crippen LogP contribution is -2.12. The van der Waals surface area contributed by atoms with Crippen LogP contribution in [0.2, 0.25) is 0 Å². The van der Waals surface area contributed by atoms with Gasteiger partial charge in [0.2, 0.25) is 0 Å². The van der Waals surface area contributed by atoms with E-state index in [9.17, 15) is 0 Å². The number of hydrogen-bond donors (Lipinski definition) is 0. The van der Waals surface area contributed by atoms with Crippen molar-refractivity contribution in [3.8, 4) is 11.5 Å². The molecule has 0 aliphatic heterocycles. The highest BCUT2D eigenvalue weighted by molar-refractivity contribution is 5.49. The number of aromatic nitrogens is 1. The Balaban J connectivity index is 1.57. The first kappa shape index (κ1) is 24.3. The Labute approximate surface area is 204 Å². The van der Waals surface area contributed by atoms with Gasteiger partial charge in [-0.05, 0) is 79.6 Å². The van der Waals surface area contributed by atoms with E-state index in [4.69, 9.17) is 19.2 Å². The summed E-state index contributed by atoms with van der Waals surface area (Å²) in [4.78, 5) is 5.14. The topological polar surface area (TPSA) is 40.6 Å². The Morgan fingerprint density at radius 2 is 1.62 bits per heavy atom. The van der Waals surface area contributed by atoms with E-state index in [1.54, 1.807) is 7.11 Å². The zero-order valence-electron chi connectivity index (χ0n) is 21.0. The predicted octanol–water partition coefficient (Wildman–Crippen LogP) is 7.21. The molecule has 4 heteroatoms. The van der Waals surface area contributed by atoms with Crippen LogP contribution in [-0.2, 0) is 17.8 Å². The zero-order chi connectivity index (χ0) is 23.9. The molecule has 4 nitrogen and oxygen atoms in total. The van der Waals surface area contributed by atoms with Crippen molar-refractivity contribution in [3.05, 3.63) is 87.7 Å². The molecular formula is C30H37NO3. The van der Waals surface area contributed by atoms with Crippen LogP contribution in [0.1, 0.15) is 77.2 Å². The second kappa shape index (κ2) is 11.5. The van der Waals surface area contributed by atoms with Crippen LogP contribution in [0.25, 0.3) is 0 Å². The van der Waals surface area contributed by atoms with Crippen molar-refractivity contribution < 1.29 is 14.2 Å². The molecule has 0 amide bonds. The second-order valence-electron chi connectivity index (χ2n) is 9.44. The van der Waals surface area contributed by atoms with Crippen molar-refractivity contribution >= 4 is 0 Å². The minimum Gasteiger partial charge on any atom is -0.489 e. The molecule has 4 rings (SSSR count). The molecule has 1 aromatic heterocycles. The highest BCUT2D eigenvalue weighted by Crippen LogP contribution is 2.37. The zero-order valence-corrected chi connectivity index (χ0v) is 21.0. The highest BCUT2D eigenvalue weighted by atomic mass is 16.7. The predicted molar refractivity (Wildman–Crippen MR) is 137 cm³/mol. The van der Waals surface area contributed by atoms with Crippen LogP contribution in [0.3, 0.4) is 0 Å². The molecule has 0 saturated heterocycles. The van der Waals surface area contributed by atoms with E-state index in [1.165, 1.54) is 59.9 Å². The molecule has 3 aromatic rings. The van der Waals surface area contributed by atoms with Crippen LogP contribution < -0.4 is 9.47 Å². The van der Waals surface area contributed by atoms with E-state index >= 15 is 0 Å². The molecule has 0 N–H and O–H groups in total. The Hall–Kier alpha value is -2.85. The molecule has 1 aliphatic carbocycles. The van der Waals surface area contributed by atoms with Crippen LogP contribution in [-0.4, -0.2) is 18.9 Å². The van der Waals surface area contributed by atoms with Gasteiger partial charge in [-0.2, -0.15) is 0 Å². The van der Waals surface area contributed by atoms with Crippen LogP contribution in [0.15, 0.2) is 48.5 Å². The summed E-state index contributed by atoms with van der Waals surface area (Å²) in [6.07, 6.45) is 7.03.